The fourth-order valence-corrected chi connectivity index (χ4v) is 3.45. The highest BCUT2D eigenvalue weighted by Gasteiger charge is 2.38. The number of ether oxygens (including phenoxy) is 1. The Bertz CT molecular complexity index is 986. The van der Waals surface area contributed by atoms with Crippen molar-refractivity contribution < 1.29 is 14.3 Å². The van der Waals surface area contributed by atoms with Gasteiger partial charge in [0.05, 0.1) is 17.8 Å². The summed E-state index contributed by atoms with van der Waals surface area (Å²) in [6, 6.07) is 14.9. The average Bonchev–Trinajstić information content (AvgIpc) is 2.93. The molecular formula is C24H24ClNO3. The Morgan fingerprint density at radius 1 is 1.10 bits per heavy atom. The van der Waals surface area contributed by atoms with Gasteiger partial charge in [0.2, 0.25) is 0 Å². The highest BCUT2D eigenvalue weighted by molar-refractivity contribution is 6.30. The van der Waals surface area contributed by atoms with Gasteiger partial charge in [0.15, 0.2) is 0 Å². The monoisotopic (exact) mass is 409 g/mol. The molecule has 1 aliphatic rings. The van der Waals surface area contributed by atoms with Gasteiger partial charge in [0.1, 0.15) is 0 Å². The van der Waals surface area contributed by atoms with Crippen molar-refractivity contribution in [3.8, 4) is 0 Å². The molecule has 0 spiro atoms. The fraction of sp³-hybridized carbons (Fsp3) is 0.250. The Kier molecular flexibility index (Phi) is 6.23. The van der Waals surface area contributed by atoms with Crippen molar-refractivity contribution in [2.75, 3.05) is 11.5 Å². The first-order valence-corrected chi connectivity index (χ1v) is 10.0. The summed E-state index contributed by atoms with van der Waals surface area (Å²) in [5, 5.41) is 0.577. The number of halogens is 1. The molecule has 2 aromatic carbocycles. The third-order valence-corrected chi connectivity index (χ3v) is 5.13. The van der Waals surface area contributed by atoms with Crippen molar-refractivity contribution in [2.24, 2.45) is 0 Å². The number of carbonyl (C=O) groups is 2. The molecule has 0 atom stereocenters. The van der Waals surface area contributed by atoms with Gasteiger partial charge in [-0.05, 0) is 61.2 Å². The lowest BCUT2D eigenvalue weighted by Gasteiger charge is -2.18. The molecule has 0 aromatic heterocycles. The minimum Gasteiger partial charge on any atom is -0.462 e. The van der Waals surface area contributed by atoms with Gasteiger partial charge in [-0.25, -0.2) is 4.79 Å². The molecule has 29 heavy (non-hydrogen) atoms. The second-order valence-electron chi connectivity index (χ2n) is 7.18. The van der Waals surface area contributed by atoms with E-state index >= 15 is 0 Å². The lowest BCUT2D eigenvalue weighted by atomic mass is 9.99. The van der Waals surface area contributed by atoms with Crippen LogP contribution in [-0.4, -0.2) is 18.5 Å². The van der Waals surface area contributed by atoms with E-state index in [4.69, 9.17) is 16.3 Å². The van der Waals surface area contributed by atoms with E-state index in [1.807, 2.05) is 24.3 Å². The minimum absolute atomic E-state index is 0.237. The summed E-state index contributed by atoms with van der Waals surface area (Å²) in [5.41, 5.74) is 3.88. The van der Waals surface area contributed by atoms with E-state index in [2.05, 4.69) is 13.8 Å². The van der Waals surface area contributed by atoms with Crippen LogP contribution in [0.3, 0.4) is 0 Å². The van der Waals surface area contributed by atoms with Crippen molar-refractivity contribution in [1.29, 1.82) is 0 Å². The second kappa shape index (κ2) is 8.66. The molecule has 0 N–H and O–H groups in total. The smallest absolute Gasteiger partial charge is 0.340 e. The van der Waals surface area contributed by atoms with Crippen LogP contribution in [0.5, 0.6) is 0 Å². The van der Waals surface area contributed by atoms with E-state index in [9.17, 15) is 9.59 Å². The Morgan fingerprint density at radius 2 is 1.72 bits per heavy atom. The molecule has 150 valence electrons. The zero-order chi connectivity index (χ0) is 21.1. The Hall–Kier alpha value is -2.85. The molecule has 1 amide bonds. The second-order valence-corrected chi connectivity index (χ2v) is 7.61. The molecule has 0 saturated heterocycles. The maximum absolute atomic E-state index is 13.3. The number of allylic oxidation sites excluding steroid dienone is 1. The van der Waals surface area contributed by atoms with Crippen LogP contribution in [-0.2, 0) is 14.3 Å². The number of hydrogen-bond acceptors (Lipinski definition) is 3. The van der Waals surface area contributed by atoms with Gasteiger partial charge in [-0.15, -0.1) is 0 Å². The topological polar surface area (TPSA) is 46.6 Å². The van der Waals surface area contributed by atoms with Crippen LogP contribution in [0.2, 0.25) is 5.02 Å². The zero-order valence-electron chi connectivity index (χ0n) is 17.0. The first kappa shape index (κ1) is 20.9. The number of rotatable bonds is 5. The number of benzene rings is 2. The highest BCUT2D eigenvalue weighted by Crippen LogP contribution is 2.36. The summed E-state index contributed by atoms with van der Waals surface area (Å²) in [6.07, 6.45) is 1.75. The molecule has 0 bridgehead atoms. The van der Waals surface area contributed by atoms with Crippen molar-refractivity contribution in [3.63, 3.8) is 0 Å². The molecule has 5 heteroatoms. The van der Waals surface area contributed by atoms with Crippen molar-refractivity contribution >= 4 is 35.2 Å². The zero-order valence-corrected chi connectivity index (χ0v) is 17.8. The third kappa shape index (κ3) is 4.28. The molecule has 1 heterocycles. The van der Waals surface area contributed by atoms with Gasteiger partial charge in [-0.2, -0.15) is 0 Å². The number of amides is 1. The van der Waals surface area contributed by atoms with Gasteiger partial charge < -0.3 is 4.74 Å². The van der Waals surface area contributed by atoms with Crippen LogP contribution in [0.4, 0.5) is 5.69 Å². The van der Waals surface area contributed by atoms with Crippen LogP contribution in [0, 0.1) is 0 Å². The summed E-state index contributed by atoms with van der Waals surface area (Å²) < 4.78 is 5.23. The van der Waals surface area contributed by atoms with Crippen molar-refractivity contribution in [2.45, 2.75) is 33.6 Å². The molecule has 2 aromatic rings. The lowest BCUT2D eigenvalue weighted by Crippen LogP contribution is -2.24. The molecular weight excluding hydrogens is 386 g/mol. The van der Waals surface area contributed by atoms with E-state index in [0.29, 0.717) is 33.5 Å². The standard InChI is InChI=1S/C24H24ClNO3/c1-5-29-24(28)22-16(4)26(20-12-10-19(25)11-13-20)23(27)21(22)14-17-6-8-18(9-7-17)15(2)3/h6-15H,5H2,1-4H3/b21-14-. The van der Waals surface area contributed by atoms with Gasteiger partial charge in [0.25, 0.3) is 5.91 Å². The third-order valence-electron chi connectivity index (χ3n) is 4.88. The highest BCUT2D eigenvalue weighted by atomic mass is 35.5. The van der Waals surface area contributed by atoms with E-state index in [-0.39, 0.29) is 12.5 Å². The number of esters is 1. The van der Waals surface area contributed by atoms with E-state index in [1.165, 1.54) is 10.5 Å². The predicted octanol–water partition coefficient (Wildman–Crippen LogP) is 5.73. The number of carbonyl (C=O) groups excluding carboxylic acids is 2. The molecule has 4 nitrogen and oxygen atoms in total. The Balaban J connectivity index is 2.07. The summed E-state index contributed by atoms with van der Waals surface area (Å²) in [7, 11) is 0. The number of anilines is 1. The normalized spacial score (nSPS) is 15.6. The molecule has 0 fully saturated rings. The summed E-state index contributed by atoms with van der Waals surface area (Å²) in [5.74, 6) is -0.344. The molecule has 0 saturated carbocycles. The van der Waals surface area contributed by atoms with Crippen LogP contribution in [0.15, 0.2) is 65.4 Å². The quantitative estimate of drug-likeness (QED) is 0.468. The van der Waals surface area contributed by atoms with Crippen molar-refractivity contribution in [3.05, 3.63) is 81.5 Å². The van der Waals surface area contributed by atoms with E-state index in [0.717, 1.165) is 5.56 Å². The SMILES string of the molecule is CCOC(=O)C1=C(C)N(c2ccc(Cl)cc2)C(=O)/C1=C\c1ccc(C(C)C)cc1. The number of nitrogens with zero attached hydrogens (tertiary/aromatic N) is 1. The van der Waals surface area contributed by atoms with E-state index < -0.39 is 5.97 Å². The molecule has 0 radical (unpaired) electrons. The Morgan fingerprint density at radius 3 is 2.28 bits per heavy atom. The first-order chi connectivity index (χ1) is 13.8. The van der Waals surface area contributed by atoms with Gasteiger partial charge in [-0.1, -0.05) is 49.7 Å². The summed E-state index contributed by atoms with van der Waals surface area (Å²) in [4.78, 5) is 27.5. The van der Waals surface area contributed by atoms with Crippen LogP contribution < -0.4 is 4.90 Å². The van der Waals surface area contributed by atoms with Gasteiger partial charge in [-0.3, -0.25) is 9.69 Å². The average molecular weight is 410 g/mol. The van der Waals surface area contributed by atoms with Crippen LogP contribution in [0.25, 0.3) is 6.08 Å². The summed E-state index contributed by atoms with van der Waals surface area (Å²) in [6.45, 7) is 7.99. The van der Waals surface area contributed by atoms with Crippen molar-refractivity contribution in [1.82, 2.24) is 0 Å². The largest absolute Gasteiger partial charge is 0.462 e. The van der Waals surface area contributed by atoms with Gasteiger partial charge >= 0.3 is 5.97 Å². The molecule has 0 aliphatic carbocycles. The molecule has 3 rings (SSSR count). The maximum atomic E-state index is 13.3. The molecule has 0 unspecified atom stereocenters. The van der Waals surface area contributed by atoms with E-state index in [1.54, 1.807) is 44.2 Å². The summed E-state index contributed by atoms with van der Waals surface area (Å²) >= 11 is 5.98. The number of hydrogen-bond donors (Lipinski definition) is 0. The minimum atomic E-state index is -0.500. The van der Waals surface area contributed by atoms with Gasteiger partial charge in [0, 0.05) is 16.4 Å². The predicted molar refractivity (Wildman–Crippen MR) is 117 cm³/mol. The van der Waals surface area contributed by atoms with Crippen LogP contribution in [0.1, 0.15) is 44.7 Å². The fourth-order valence-electron chi connectivity index (χ4n) is 3.33. The first-order valence-electron chi connectivity index (χ1n) is 9.63. The Labute approximate surface area is 176 Å². The maximum Gasteiger partial charge on any atom is 0.340 e. The van der Waals surface area contributed by atoms with Crippen LogP contribution >= 0.6 is 11.6 Å². The molecule has 1 aliphatic heterocycles. The lowest BCUT2D eigenvalue weighted by molar-refractivity contribution is -0.138.